The van der Waals surface area contributed by atoms with Crippen molar-refractivity contribution in [2.24, 2.45) is 0 Å². The van der Waals surface area contributed by atoms with Gasteiger partial charge in [-0.15, -0.1) is 0 Å². The highest BCUT2D eigenvalue weighted by atomic mass is 79.9. The topological polar surface area (TPSA) is 9.23 Å². The zero-order valence-corrected chi connectivity index (χ0v) is 5.10. The van der Waals surface area contributed by atoms with Gasteiger partial charge in [-0.25, -0.2) is 0 Å². The Morgan fingerprint density at radius 2 is 2.20 bits per heavy atom. The number of methoxy groups -OCH3 is 1. The summed E-state index contributed by atoms with van der Waals surface area (Å²) in [5.41, 5.74) is 0. The van der Waals surface area contributed by atoms with E-state index >= 15 is 0 Å². The molecule has 5 heavy (non-hydrogen) atoms. The summed E-state index contributed by atoms with van der Waals surface area (Å²) in [4.78, 5) is 0. The minimum absolute atomic E-state index is 0.400. The van der Waals surface area contributed by atoms with Crippen LogP contribution in [-0.2, 0) is 4.74 Å². The first-order valence-corrected chi connectivity index (χ1v) is 2.21. The molecule has 0 atom stereocenters. The van der Waals surface area contributed by atoms with Crippen molar-refractivity contribution in [3.63, 3.8) is 0 Å². The van der Waals surface area contributed by atoms with E-state index < -0.39 is 0 Å². The zero-order chi connectivity index (χ0) is 4.28. The van der Waals surface area contributed by atoms with E-state index in [1.807, 2.05) is 0 Å². The van der Waals surface area contributed by atoms with Crippen molar-refractivity contribution < 1.29 is 4.74 Å². The second-order valence-corrected chi connectivity index (χ2v) is 2.06. The number of hydrogen-bond donors (Lipinski definition) is 0. The molecule has 0 aliphatic rings. The van der Waals surface area contributed by atoms with Crippen LogP contribution in [0.5, 0.6) is 0 Å². The third-order valence-corrected chi connectivity index (χ3v) is 0.651. The molecule has 0 aromatic rings. The van der Waals surface area contributed by atoms with Gasteiger partial charge in [-0.2, -0.15) is 0 Å². The molecule has 0 N–H and O–H groups in total. The normalized spacial score (nSPS) is 6.80. The summed E-state index contributed by atoms with van der Waals surface area (Å²) >= 11 is 7.27. The Kier molecular flexibility index (Phi) is 2.79. The molecule has 30 valence electrons. The molecule has 0 bridgehead atoms. The van der Waals surface area contributed by atoms with Gasteiger partial charge in [0.15, 0.2) is 0 Å². The fourth-order valence-electron chi connectivity index (χ4n) is 0. The maximum Gasteiger partial charge on any atom is 0.228 e. The lowest BCUT2D eigenvalue weighted by atomic mass is 11.5. The van der Waals surface area contributed by atoms with Crippen molar-refractivity contribution in [3.05, 3.63) is 0 Å². The first-order chi connectivity index (χ1) is 2.27. The molecule has 0 aromatic carbocycles. The summed E-state index contributed by atoms with van der Waals surface area (Å²) in [5, 5.41) is 0. The molecule has 0 saturated heterocycles. The molecule has 0 rings (SSSR count). The standard InChI is InChI=1S/C2H3BrOS/c1-4-2(3)5/h1H3. The first kappa shape index (κ1) is 5.37. The SMILES string of the molecule is COC(=S)Br. The van der Waals surface area contributed by atoms with Crippen LogP contribution < -0.4 is 0 Å². The third-order valence-electron chi connectivity index (χ3n) is 0.160. The highest BCUT2D eigenvalue weighted by Gasteiger charge is 1.72. The van der Waals surface area contributed by atoms with Crippen molar-refractivity contribution in [2.45, 2.75) is 0 Å². The van der Waals surface area contributed by atoms with Crippen LogP contribution in [0.25, 0.3) is 0 Å². The fourth-order valence-corrected chi connectivity index (χ4v) is 0. The van der Waals surface area contributed by atoms with E-state index in [9.17, 15) is 0 Å². The molecule has 1 nitrogen and oxygen atoms in total. The Hall–Kier alpha value is 0.370. The second-order valence-electron chi connectivity index (χ2n) is 0.442. The smallest absolute Gasteiger partial charge is 0.228 e. The average Bonchev–Trinajstić information content (AvgIpc) is 1.38. The molecule has 0 heterocycles. The summed E-state index contributed by atoms with van der Waals surface area (Å²) in [6, 6.07) is 0. The first-order valence-electron chi connectivity index (χ1n) is 1.01. The van der Waals surface area contributed by atoms with Gasteiger partial charge in [-0.05, 0) is 12.2 Å². The predicted molar refractivity (Wildman–Crippen MR) is 28.5 cm³/mol. The van der Waals surface area contributed by atoms with Gasteiger partial charge in [0.1, 0.15) is 0 Å². The van der Waals surface area contributed by atoms with E-state index in [0.29, 0.717) is 3.96 Å². The van der Waals surface area contributed by atoms with Gasteiger partial charge >= 0.3 is 0 Å². The van der Waals surface area contributed by atoms with Crippen LogP contribution >= 0.6 is 28.1 Å². The molecule has 0 spiro atoms. The van der Waals surface area contributed by atoms with Crippen LogP contribution in [0.2, 0.25) is 0 Å². The molecule has 0 fully saturated rings. The van der Waals surface area contributed by atoms with Crippen LogP contribution in [0.1, 0.15) is 0 Å². The van der Waals surface area contributed by atoms with Gasteiger partial charge in [-0.3, -0.25) is 0 Å². The molecule has 0 aliphatic heterocycles. The number of rotatable bonds is 0. The lowest BCUT2D eigenvalue weighted by Crippen LogP contribution is -1.78. The van der Waals surface area contributed by atoms with Gasteiger partial charge in [0.2, 0.25) is 3.96 Å². The quantitative estimate of drug-likeness (QED) is 0.385. The molecule has 3 heteroatoms. The van der Waals surface area contributed by atoms with E-state index in [1.165, 1.54) is 7.11 Å². The lowest BCUT2D eigenvalue weighted by molar-refractivity contribution is 0.428. The van der Waals surface area contributed by atoms with E-state index in [4.69, 9.17) is 0 Å². The predicted octanol–water partition coefficient (Wildman–Crippen LogP) is 1.31. The number of hydrogen-bond acceptors (Lipinski definition) is 2. The van der Waals surface area contributed by atoms with Gasteiger partial charge in [0, 0.05) is 15.9 Å². The van der Waals surface area contributed by atoms with Crippen molar-refractivity contribution >= 4 is 32.1 Å². The molecule has 0 unspecified atom stereocenters. The van der Waals surface area contributed by atoms with Crippen molar-refractivity contribution in [2.75, 3.05) is 7.11 Å². The zero-order valence-electron chi connectivity index (χ0n) is 2.69. The minimum atomic E-state index is 0.400. The lowest BCUT2D eigenvalue weighted by Gasteiger charge is -1.82. The maximum absolute atomic E-state index is 4.40. The average molecular weight is 155 g/mol. The molecule has 0 amide bonds. The van der Waals surface area contributed by atoms with Gasteiger partial charge in [0.05, 0.1) is 7.11 Å². The molecule has 0 aromatic heterocycles. The summed E-state index contributed by atoms with van der Waals surface area (Å²) in [6.45, 7) is 0. The monoisotopic (exact) mass is 154 g/mol. The highest BCUT2D eigenvalue weighted by molar-refractivity contribution is 9.19. The van der Waals surface area contributed by atoms with E-state index in [2.05, 4.69) is 32.9 Å². The van der Waals surface area contributed by atoms with Crippen LogP contribution in [0.3, 0.4) is 0 Å². The Labute approximate surface area is 44.4 Å². The van der Waals surface area contributed by atoms with E-state index in [-0.39, 0.29) is 0 Å². The summed E-state index contributed by atoms with van der Waals surface area (Å²) < 4.78 is 4.80. The molecular weight excluding hydrogens is 152 g/mol. The van der Waals surface area contributed by atoms with Crippen LogP contribution in [0.4, 0.5) is 0 Å². The molecule has 0 saturated carbocycles. The Morgan fingerprint density at radius 3 is 2.20 bits per heavy atom. The van der Waals surface area contributed by atoms with Crippen molar-refractivity contribution in [3.8, 4) is 0 Å². The largest absolute Gasteiger partial charge is 0.482 e. The summed E-state index contributed by atoms with van der Waals surface area (Å²) in [7, 11) is 1.51. The maximum atomic E-state index is 4.40. The molecular formula is C2H3BrOS. The van der Waals surface area contributed by atoms with E-state index in [0.717, 1.165) is 0 Å². The third kappa shape index (κ3) is 4.37. The Balaban J connectivity index is 2.85. The summed E-state index contributed by atoms with van der Waals surface area (Å²) in [5.74, 6) is 0. The molecule has 0 aliphatic carbocycles. The number of halogens is 1. The van der Waals surface area contributed by atoms with Crippen LogP contribution in [-0.4, -0.2) is 11.1 Å². The van der Waals surface area contributed by atoms with Crippen molar-refractivity contribution in [1.29, 1.82) is 0 Å². The minimum Gasteiger partial charge on any atom is -0.482 e. The van der Waals surface area contributed by atoms with Crippen LogP contribution in [0, 0.1) is 0 Å². The second kappa shape index (κ2) is 2.60. The fraction of sp³-hybridized carbons (Fsp3) is 0.500. The van der Waals surface area contributed by atoms with Crippen LogP contribution in [0.15, 0.2) is 0 Å². The Morgan fingerprint density at radius 1 is 2.00 bits per heavy atom. The Bertz CT molecular complexity index is 44.9. The highest BCUT2D eigenvalue weighted by Crippen LogP contribution is 1.85. The van der Waals surface area contributed by atoms with E-state index in [1.54, 1.807) is 0 Å². The van der Waals surface area contributed by atoms with Gasteiger partial charge in [-0.1, -0.05) is 0 Å². The number of ether oxygens (including phenoxy) is 1. The van der Waals surface area contributed by atoms with Crippen molar-refractivity contribution in [1.82, 2.24) is 0 Å². The van der Waals surface area contributed by atoms with Gasteiger partial charge < -0.3 is 4.74 Å². The van der Waals surface area contributed by atoms with Gasteiger partial charge in [0.25, 0.3) is 0 Å². The number of thiocarbonyl (C=S) groups is 1. The molecule has 0 radical (unpaired) electrons. The summed E-state index contributed by atoms with van der Waals surface area (Å²) in [6.07, 6.45) is 0.